The molecule has 0 aliphatic rings. The van der Waals surface area contributed by atoms with Crippen molar-refractivity contribution in [3.05, 3.63) is 35.6 Å². The van der Waals surface area contributed by atoms with Gasteiger partial charge in [-0.05, 0) is 17.7 Å². The molecule has 0 heterocycles. The summed E-state index contributed by atoms with van der Waals surface area (Å²) in [5.74, 6) is -0.148. The van der Waals surface area contributed by atoms with Crippen LogP contribution in [0.25, 0.3) is 0 Å². The molecule has 88 valence electrons. The fraction of sp³-hybridized carbons (Fsp3) is 0.417. The molecule has 0 saturated carbocycles. The predicted octanol–water partition coefficient (Wildman–Crippen LogP) is 2.66. The second kappa shape index (κ2) is 5.85. The number of halogens is 2. The summed E-state index contributed by atoms with van der Waals surface area (Å²) in [5, 5.41) is 0. The molecule has 1 aromatic rings. The highest BCUT2D eigenvalue weighted by Crippen LogP contribution is 2.09. The van der Waals surface area contributed by atoms with E-state index in [2.05, 4.69) is 0 Å². The van der Waals surface area contributed by atoms with Crippen molar-refractivity contribution in [3.8, 4) is 0 Å². The lowest BCUT2D eigenvalue weighted by molar-refractivity contribution is -0.133. The number of hydrogen-bond donors (Lipinski definition) is 0. The zero-order chi connectivity index (χ0) is 12.1. The summed E-state index contributed by atoms with van der Waals surface area (Å²) in [6.07, 6.45) is 0. The van der Waals surface area contributed by atoms with Crippen molar-refractivity contribution in [1.82, 2.24) is 4.90 Å². The van der Waals surface area contributed by atoms with Crippen LogP contribution in [0.5, 0.6) is 0 Å². The van der Waals surface area contributed by atoms with Crippen LogP contribution >= 0.6 is 11.6 Å². The molecule has 0 radical (unpaired) electrons. The Morgan fingerprint density at radius 2 is 2.00 bits per heavy atom. The van der Waals surface area contributed by atoms with Gasteiger partial charge in [-0.25, -0.2) is 4.39 Å². The van der Waals surface area contributed by atoms with Gasteiger partial charge in [0, 0.05) is 25.4 Å². The zero-order valence-electron chi connectivity index (χ0n) is 9.41. The smallest absolute Gasteiger partial charge is 0.226 e. The van der Waals surface area contributed by atoms with Crippen molar-refractivity contribution in [2.24, 2.45) is 5.92 Å². The third-order valence-electron chi connectivity index (χ3n) is 2.36. The van der Waals surface area contributed by atoms with E-state index in [9.17, 15) is 9.18 Å². The Kier molecular flexibility index (Phi) is 4.74. The molecule has 1 unspecified atom stereocenters. The van der Waals surface area contributed by atoms with Crippen molar-refractivity contribution in [1.29, 1.82) is 0 Å². The Balaban J connectivity index is 2.60. The number of amides is 1. The second-order valence-electron chi connectivity index (χ2n) is 3.88. The summed E-state index contributed by atoms with van der Waals surface area (Å²) in [7, 11) is 1.72. The summed E-state index contributed by atoms with van der Waals surface area (Å²) >= 11 is 5.62. The highest BCUT2D eigenvalue weighted by atomic mass is 35.5. The van der Waals surface area contributed by atoms with Crippen LogP contribution in [0.15, 0.2) is 24.3 Å². The van der Waals surface area contributed by atoms with Crippen LogP contribution in [0.4, 0.5) is 4.39 Å². The van der Waals surface area contributed by atoms with Crippen molar-refractivity contribution in [2.75, 3.05) is 12.9 Å². The van der Waals surface area contributed by atoms with E-state index >= 15 is 0 Å². The molecular weight excluding hydrogens is 229 g/mol. The average Bonchev–Trinajstić information content (AvgIpc) is 2.30. The molecule has 0 fully saturated rings. The minimum atomic E-state index is -0.271. The van der Waals surface area contributed by atoms with Crippen LogP contribution in [-0.2, 0) is 11.3 Å². The lowest BCUT2D eigenvalue weighted by atomic mass is 10.1. The third-order valence-corrected chi connectivity index (χ3v) is 2.83. The van der Waals surface area contributed by atoms with Crippen LogP contribution in [0.1, 0.15) is 12.5 Å². The predicted molar refractivity (Wildman–Crippen MR) is 62.8 cm³/mol. The Bertz CT molecular complexity index is 353. The maximum absolute atomic E-state index is 12.7. The van der Waals surface area contributed by atoms with Crippen LogP contribution in [-0.4, -0.2) is 23.7 Å². The van der Waals surface area contributed by atoms with Gasteiger partial charge in [0.05, 0.1) is 0 Å². The highest BCUT2D eigenvalue weighted by Gasteiger charge is 2.16. The molecule has 1 aromatic carbocycles. The molecule has 0 aromatic heterocycles. The monoisotopic (exact) mass is 243 g/mol. The molecule has 0 bridgehead atoms. The molecule has 0 saturated heterocycles. The van der Waals surface area contributed by atoms with Crippen LogP contribution < -0.4 is 0 Å². The zero-order valence-corrected chi connectivity index (χ0v) is 10.2. The fourth-order valence-electron chi connectivity index (χ4n) is 1.38. The number of carbonyl (C=O) groups excluding carboxylic acids is 1. The minimum Gasteiger partial charge on any atom is -0.341 e. The number of rotatable bonds is 4. The van der Waals surface area contributed by atoms with E-state index in [0.717, 1.165) is 5.56 Å². The quantitative estimate of drug-likeness (QED) is 0.745. The molecule has 1 amide bonds. The van der Waals surface area contributed by atoms with Gasteiger partial charge >= 0.3 is 0 Å². The minimum absolute atomic E-state index is 0.000625. The lowest BCUT2D eigenvalue weighted by Crippen LogP contribution is -2.31. The van der Waals surface area contributed by atoms with Crippen molar-refractivity contribution in [3.63, 3.8) is 0 Å². The number of benzene rings is 1. The van der Waals surface area contributed by atoms with Crippen molar-refractivity contribution >= 4 is 17.5 Å². The van der Waals surface area contributed by atoms with E-state index in [1.54, 1.807) is 31.0 Å². The van der Waals surface area contributed by atoms with Crippen LogP contribution in [0.3, 0.4) is 0 Å². The summed E-state index contributed by atoms with van der Waals surface area (Å²) in [6.45, 7) is 2.26. The Morgan fingerprint density at radius 1 is 1.44 bits per heavy atom. The number of alkyl halides is 1. The fourth-order valence-corrected chi connectivity index (χ4v) is 1.52. The van der Waals surface area contributed by atoms with E-state index in [1.807, 2.05) is 0 Å². The summed E-state index contributed by atoms with van der Waals surface area (Å²) in [5.41, 5.74) is 0.902. The maximum Gasteiger partial charge on any atom is 0.226 e. The highest BCUT2D eigenvalue weighted by molar-refractivity contribution is 6.19. The molecule has 16 heavy (non-hydrogen) atoms. The number of carbonyl (C=O) groups is 1. The Morgan fingerprint density at radius 3 is 2.50 bits per heavy atom. The molecule has 1 atom stereocenters. The first-order valence-electron chi connectivity index (χ1n) is 5.10. The number of nitrogens with zero attached hydrogens (tertiary/aromatic N) is 1. The lowest BCUT2D eigenvalue weighted by Gasteiger charge is -2.20. The van der Waals surface area contributed by atoms with Gasteiger partial charge < -0.3 is 4.90 Å². The first kappa shape index (κ1) is 13.0. The van der Waals surface area contributed by atoms with E-state index in [0.29, 0.717) is 12.4 Å². The van der Waals surface area contributed by atoms with Gasteiger partial charge in [-0.3, -0.25) is 4.79 Å². The Labute approximate surface area is 100 Å². The first-order chi connectivity index (χ1) is 7.54. The van der Waals surface area contributed by atoms with Crippen LogP contribution in [0.2, 0.25) is 0 Å². The third kappa shape index (κ3) is 3.49. The molecule has 0 N–H and O–H groups in total. The molecule has 0 aliphatic carbocycles. The van der Waals surface area contributed by atoms with Gasteiger partial charge in [0.15, 0.2) is 0 Å². The van der Waals surface area contributed by atoms with Crippen molar-refractivity contribution in [2.45, 2.75) is 13.5 Å². The van der Waals surface area contributed by atoms with Crippen LogP contribution in [0, 0.1) is 11.7 Å². The van der Waals surface area contributed by atoms with Gasteiger partial charge in [0.2, 0.25) is 5.91 Å². The standard InChI is InChI=1S/C12H15ClFNO/c1-9(7-13)12(16)15(2)8-10-3-5-11(14)6-4-10/h3-6,9H,7-8H2,1-2H3. The SMILES string of the molecule is CC(CCl)C(=O)N(C)Cc1ccc(F)cc1. The average molecular weight is 244 g/mol. The normalized spacial score (nSPS) is 12.2. The van der Waals surface area contributed by atoms with E-state index in [4.69, 9.17) is 11.6 Å². The van der Waals surface area contributed by atoms with E-state index in [-0.39, 0.29) is 17.6 Å². The van der Waals surface area contributed by atoms with E-state index in [1.165, 1.54) is 12.1 Å². The van der Waals surface area contributed by atoms with E-state index < -0.39 is 0 Å². The molecule has 2 nitrogen and oxygen atoms in total. The van der Waals surface area contributed by atoms with Gasteiger partial charge in [0.25, 0.3) is 0 Å². The largest absolute Gasteiger partial charge is 0.341 e. The Hall–Kier alpha value is -1.09. The summed E-state index contributed by atoms with van der Waals surface area (Å²) in [6, 6.07) is 6.12. The number of hydrogen-bond acceptors (Lipinski definition) is 1. The summed E-state index contributed by atoms with van der Waals surface area (Å²) in [4.78, 5) is 13.3. The van der Waals surface area contributed by atoms with Gasteiger partial charge in [-0.1, -0.05) is 19.1 Å². The second-order valence-corrected chi connectivity index (χ2v) is 4.18. The topological polar surface area (TPSA) is 20.3 Å². The van der Waals surface area contributed by atoms with Gasteiger partial charge in [-0.15, -0.1) is 11.6 Å². The first-order valence-corrected chi connectivity index (χ1v) is 5.63. The maximum atomic E-state index is 12.7. The molecule has 0 aliphatic heterocycles. The molecular formula is C12H15ClFNO. The van der Waals surface area contributed by atoms with Gasteiger partial charge in [-0.2, -0.15) is 0 Å². The summed E-state index contributed by atoms with van der Waals surface area (Å²) < 4.78 is 12.7. The van der Waals surface area contributed by atoms with Crippen molar-refractivity contribution < 1.29 is 9.18 Å². The molecule has 4 heteroatoms. The van der Waals surface area contributed by atoms with Gasteiger partial charge in [0.1, 0.15) is 5.82 Å². The molecule has 0 spiro atoms. The molecule has 1 rings (SSSR count).